The van der Waals surface area contributed by atoms with Crippen LogP contribution in [0.4, 0.5) is 4.39 Å². The molecule has 0 aromatic heterocycles. The third-order valence-electron chi connectivity index (χ3n) is 3.97. The van der Waals surface area contributed by atoms with Crippen molar-refractivity contribution in [1.82, 2.24) is 0 Å². The van der Waals surface area contributed by atoms with Crippen molar-refractivity contribution in [3.05, 3.63) is 35.6 Å². The van der Waals surface area contributed by atoms with Gasteiger partial charge in [0.1, 0.15) is 5.82 Å². The maximum atomic E-state index is 12.9. The third kappa shape index (κ3) is 6.81. The molecular formula is C15H20Br3FOSi. The quantitative estimate of drug-likeness (QED) is 0.249. The summed E-state index contributed by atoms with van der Waals surface area (Å²) in [6, 6.07) is 8.09. The van der Waals surface area contributed by atoms with E-state index in [0.29, 0.717) is 12.0 Å². The number of halogens is 4. The van der Waals surface area contributed by atoms with E-state index in [4.69, 9.17) is 4.74 Å². The molecule has 0 radical (unpaired) electrons. The summed E-state index contributed by atoms with van der Waals surface area (Å²) < 4.78 is 17.5. The smallest absolute Gasteiger partial charge is 0.267 e. The Morgan fingerprint density at radius 1 is 1.05 bits per heavy atom. The van der Waals surface area contributed by atoms with Crippen LogP contribution < -0.4 is 0 Å². The fraction of sp³-hybridized carbons (Fsp3) is 0.600. The predicted octanol–water partition coefficient (Wildman–Crippen LogP) is 6.38. The first kappa shape index (κ1) is 18.1. The van der Waals surface area contributed by atoms with Gasteiger partial charge in [-0.2, -0.15) is 0 Å². The number of rotatable bonds is 6. The Balaban J connectivity index is 1.67. The highest BCUT2D eigenvalue weighted by Gasteiger charge is 2.24. The van der Waals surface area contributed by atoms with Gasteiger partial charge in [-0.25, -0.2) is 4.39 Å². The minimum absolute atomic E-state index is 0.152. The maximum Gasteiger partial charge on any atom is 0.267 e. The molecule has 1 aliphatic carbocycles. The van der Waals surface area contributed by atoms with Crippen molar-refractivity contribution in [2.24, 2.45) is 0 Å². The topological polar surface area (TPSA) is 9.23 Å². The molecule has 0 bridgehead atoms. The number of hydrogen-bond donors (Lipinski definition) is 0. The van der Waals surface area contributed by atoms with Crippen LogP contribution in [0.2, 0.25) is 6.04 Å². The van der Waals surface area contributed by atoms with Crippen molar-refractivity contribution in [3.8, 4) is 0 Å². The van der Waals surface area contributed by atoms with Crippen LogP contribution in [0.25, 0.3) is 0 Å². The second-order valence-corrected chi connectivity index (χ2v) is 29.1. The van der Waals surface area contributed by atoms with E-state index in [1.165, 1.54) is 5.56 Å². The second-order valence-electron chi connectivity index (χ2n) is 5.61. The second kappa shape index (κ2) is 8.57. The molecule has 2 rings (SSSR count). The summed E-state index contributed by atoms with van der Waals surface area (Å²) in [5, 5.41) is 0. The highest BCUT2D eigenvalue weighted by atomic mass is 80.0. The monoisotopic (exact) mass is 500 g/mol. The lowest BCUT2D eigenvalue weighted by Gasteiger charge is -2.29. The zero-order chi connectivity index (χ0) is 15.3. The van der Waals surface area contributed by atoms with Gasteiger partial charge in [0.15, 0.2) is 0 Å². The molecule has 0 amide bonds. The molecule has 1 aromatic rings. The molecule has 0 aliphatic heterocycles. The molecule has 118 valence electrons. The molecule has 0 saturated heterocycles. The summed E-state index contributed by atoms with van der Waals surface area (Å²) in [5.74, 6) is 0.416. The van der Waals surface area contributed by atoms with Crippen LogP contribution in [-0.2, 0) is 4.74 Å². The van der Waals surface area contributed by atoms with Gasteiger partial charge in [-0.15, -0.1) is 0 Å². The van der Waals surface area contributed by atoms with Crippen molar-refractivity contribution in [2.45, 2.75) is 50.2 Å². The summed E-state index contributed by atoms with van der Waals surface area (Å²) in [7, 11) is 0. The Hall–Kier alpha value is 0.767. The van der Waals surface area contributed by atoms with Gasteiger partial charge in [-0.3, -0.25) is 0 Å². The van der Waals surface area contributed by atoms with Crippen LogP contribution in [0.15, 0.2) is 24.3 Å². The van der Waals surface area contributed by atoms with Crippen molar-refractivity contribution >= 4 is 49.8 Å². The SMILES string of the molecule is Fc1ccc(C2CCC(OCCC[Si](Br)(Br)Br)CC2)cc1. The first-order valence-corrected chi connectivity index (χ1v) is 16.4. The summed E-state index contributed by atoms with van der Waals surface area (Å²) in [6.45, 7) is 0.837. The fourth-order valence-electron chi connectivity index (χ4n) is 2.82. The van der Waals surface area contributed by atoms with E-state index in [0.717, 1.165) is 44.8 Å². The van der Waals surface area contributed by atoms with E-state index in [9.17, 15) is 4.39 Å². The lowest BCUT2D eigenvalue weighted by Crippen LogP contribution is -2.21. The summed E-state index contributed by atoms with van der Waals surface area (Å²) in [6.07, 6.45) is 5.99. The Morgan fingerprint density at radius 3 is 2.24 bits per heavy atom. The van der Waals surface area contributed by atoms with Gasteiger partial charge in [-0.1, -0.05) is 58.0 Å². The molecule has 0 spiro atoms. The van der Waals surface area contributed by atoms with E-state index in [1.54, 1.807) is 12.1 Å². The fourth-order valence-corrected chi connectivity index (χ4v) is 5.89. The molecule has 0 heterocycles. The first-order chi connectivity index (χ1) is 9.94. The van der Waals surface area contributed by atoms with Gasteiger partial charge in [0.2, 0.25) is 0 Å². The molecule has 1 fully saturated rings. The largest absolute Gasteiger partial charge is 0.378 e. The highest BCUT2D eigenvalue weighted by molar-refractivity contribution is 9.72. The van der Waals surface area contributed by atoms with Crippen LogP contribution in [0, 0.1) is 5.82 Å². The van der Waals surface area contributed by atoms with E-state index in [1.807, 2.05) is 12.1 Å². The molecule has 1 aromatic carbocycles. The molecule has 1 nitrogen and oxygen atoms in total. The van der Waals surface area contributed by atoms with Crippen LogP contribution in [0.5, 0.6) is 0 Å². The number of ether oxygens (including phenoxy) is 1. The van der Waals surface area contributed by atoms with Crippen molar-refractivity contribution in [2.75, 3.05) is 6.61 Å². The average molecular weight is 503 g/mol. The van der Waals surface area contributed by atoms with E-state index in [-0.39, 0.29) is 5.82 Å². The maximum absolute atomic E-state index is 12.9. The van der Waals surface area contributed by atoms with E-state index in [2.05, 4.69) is 45.9 Å². The normalized spacial score (nSPS) is 23.2. The zero-order valence-corrected chi connectivity index (χ0v) is 17.6. The lowest BCUT2D eigenvalue weighted by molar-refractivity contribution is 0.0251. The van der Waals surface area contributed by atoms with Crippen molar-refractivity contribution < 1.29 is 9.13 Å². The summed E-state index contributed by atoms with van der Waals surface area (Å²) in [5.41, 5.74) is 1.27. The molecule has 0 atom stereocenters. The summed E-state index contributed by atoms with van der Waals surface area (Å²) >= 11 is 10.9. The third-order valence-corrected chi connectivity index (χ3v) is 8.46. The standard InChI is InChI=1S/C15H20Br3FOSi/c16-21(17,18)11-1-10-20-15-8-4-13(5-9-15)12-2-6-14(19)7-3-12/h2-3,6-7,13,15H,1,4-5,8-11H2. The molecule has 0 N–H and O–H groups in total. The average Bonchev–Trinajstić information content (AvgIpc) is 2.44. The van der Waals surface area contributed by atoms with Crippen LogP contribution in [0.1, 0.15) is 43.6 Å². The molecule has 21 heavy (non-hydrogen) atoms. The van der Waals surface area contributed by atoms with Crippen LogP contribution in [0.3, 0.4) is 0 Å². The van der Waals surface area contributed by atoms with Gasteiger partial charge in [-0.05, 0) is 61.8 Å². The predicted molar refractivity (Wildman–Crippen MR) is 99.3 cm³/mol. The minimum atomic E-state index is -1.48. The van der Waals surface area contributed by atoms with Crippen molar-refractivity contribution in [1.29, 1.82) is 0 Å². The lowest BCUT2D eigenvalue weighted by atomic mass is 9.83. The Labute approximate surface area is 150 Å². The zero-order valence-electron chi connectivity index (χ0n) is 11.8. The van der Waals surface area contributed by atoms with Gasteiger partial charge in [0, 0.05) is 6.61 Å². The number of benzene rings is 1. The van der Waals surface area contributed by atoms with Gasteiger partial charge in [0.25, 0.3) is 3.93 Å². The van der Waals surface area contributed by atoms with Crippen LogP contribution in [-0.4, -0.2) is 16.6 Å². The van der Waals surface area contributed by atoms with Gasteiger partial charge in [0.05, 0.1) is 6.10 Å². The Morgan fingerprint density at radius 2 is 1.67 bits per heavy atom. The first-order valence-electron chi connectivity index (χ1n) is 7.38. The van der Waals surface area contributed by atoms with E-state index >= 15 is 0 Å². The molecule has 6 heteroatoms. The van der Waals surface area contributed by atoms with Gasteiger partial charge >= 0.3 is 0 Å². The highest BCUT2D eigenvalue weighted by Crippen LogP contribution is 2.35. The molecule has 1 aliphatic rings. The van der Waals surface area contributed by atoms with Crippen LogP contribution >= 0.6 is 45.9 Å². The Kier molecular flexibility index (Phi) is 7.39. The molecular weight excluding hydrogens is 483 g/mol. The van der Waals surface area contributed by atoms with E-state index < -0.39 is 3.93 Å². The van der Waals surface area contributed by atoms with Crippen molar-refractivity contribution in [3.63, 3.8) is 0 Å². The minimum Gasteiger partial charge on any atom is -0.378 e. The van der Waals surface area contributed by atoms with Gasteiger partial charge < -0.3 is 4.74 Å². The molecule has 0 unspecified atom stereocenters. The number of hydrogen-bond acceptors (Lipinski definition) is 1. The summed E-state index contributed by atoms with van der Waals surface area (Å²) in [4.78, 5) is 0. The molecule has 1 saturated carbocycles. The Bertz CT molecular complexity index is 428.